The zero-order valence-electron chi connectivity index (χ0n) is 11.0. The Morgan fingerprint density at radius 2 is 2.00 bits per heavy atom. The normalized spacial score (nSPS) is 16.3. The minimum absolute atomic E-state index is 0.0540. The molecule has 6 heteroatoms. The number of imide groups is 1. The van der Waals surface area contributed by atoms with Crippen LogP contribution in [0.2, 0.25) is 0 Å². The fourth-order valence-electron chi connectivity index (χ4n) is 2.00. The summed E-state index contributed by atoms with van der Waals surface area (Å²) in [6, 6.07) is 6.25. The van der Waals surface area contributed by atoms with Crippen LogP contribution in [-0.4, -0.2) is 30.6 Å². The molecule has 1 fully saturated rings. The molecule has 1 aromatic rings. The van der Waals surface area contributed by atoms with Gasteiger partial charge in [-0.15, -0.1) is 0 Å². The second-order valence-corrected chi connectivity index (χ2v) is 5.09. The van der Waals surface area contributed by atoms with Crippen molar-refractivity contribution in [1.82, 2.24) is 5.32 Å². The Morgan fingerprint density at radius 3 is 2.60 bits per heavy atom. The van der Waals surface area contributed by atoms with Crippen molar-refractivity contribution in [3.8, 4) is 0 Å². The number of aryl methyl sites for hydroxylation is 1. The van der Waals surface area contributed by atoms with Crippen molar-refractivity contribution in [1.29, 1.82) is 0 Å². The third-order valence-electron chi connectivity index (χ3n) is 3.15. The minimum Gasteiger partial charge on any atom is -0.377 e. The minimum atomic E-state index is -0.657. The number of ether oxygens (including phenoxy) is 1. The molecule has 2 rings (SSSR count). The number of carbonyl (C=O) groups is 2. The Labute approximate surface area is 116 Å². The molecular weight excluding hydrogens is 263 g/mol. The number of hydrogen-bond donors (Lipinski definition) is 2. The molecule has 108 valence electrons. The van der Waals surface area contributed by atoms with Crippen LogP contribution in [0.4, 0.5) is 4.39 Å². The highest BCUT2D eigenvalue weighted by atomic mass is 19.1. The Balaban J connectivity index is 1.75. The number of benzene rings is 1. The van der Waals surface area contributed by atoms with Crippen molar-refractivity contribution in [2.75, 3.05) is 13.2 Å². The molecule has 0 atom stereocenters. The molecule has 0 aliphatic carbocycles. The van der Waals surface area contributed by atoms with E-state index in [-0.39, 0.29) is 25.1 Å². The van der Waals surface area contributed by atoms with Gasteiger partial charge in [-0.2, -0.15) is 0 Å². The van der Waals surface area contributed by atoms with Crippen LogP contribution < -0.4 is 11.1 Å². The van der Waals surface area contributed by atoms with Crippen molar-refractivity contribution < 1.29 is 18.7 Å². The molecule has 1 aliphatic rings. The highest BCUT2D eigenvalue weighted by Crippen LogP contribution is 2.17. The van der Waals surface area contributed by atoms with Gasteiger partial charge in [-0.25, -0.2) is 4.39 Å². The molecule has 0 unspecified atom stereocenters. The van der Waals surface area contributed by atoms with Gasteiger partial charge in [0.2, 0.25) is 11.8 Å². The van der Waals surface area contributed by atoms with Gasteiger partial charge in [-0.1, -0.05) is 18.2 Å². The van der Waals surface area contributed by atoms with E-state index in [9.17, 15) is 14.0 Å². The predicted molar refractivity (Wildman–Crippen MR) is 70.2 cm³/mol. The van der Waals surface area contributed by atoms with Crippen LogP contribution in [0.1, 0.15) is 18.4 Å². The lowest BCUT2D eigenvalue weighted by atomic mass is 9.94. The maximum absolute atomic E-state index is 13.3. The lowest BCUT2D eigenvalue weighted by molar-refractivity contribution is -0.134. The van der Waals surface area contributed by atoms with Crippen LogP contribution >= 0.6 is 0 Å². The maximum Gasteiger partial charge on any atom is 0.228 e. The summed E-state index contributed by atoms with van der Waals surface area (Å²) in [6.07, 6.45) is 0.363. The molecule has 0 saturated carbocycles. The Hall–Kier alpha value is -1.79. The van der Waals surface area contributed by atoms with Crippen molar-refractivity contribution in [3.63, 3.8) is 0 Å². The van der Waals surface area contributed by atoms with Crippen LogP contribution in [0, 0.1) is 5.82 Å². The van der Waals surface area contributed by atoms with Crippen molar-refractivity contribution in [2.24, 2.45) is 5.73 Å². The van der Waals surface area contributed by atoms with E-state index >= 15 is 0 Å². The molecule has 0 spiro atoms. The highest BCUT2D eigenvalue weighted by Gasteiger charge is 2.36. The number of nitrogens with one attached hydrogen (secondary N) is 1. The molecule has 5 nitrogen and oxygen atoms in total. The second kappa shape index (κ2) is 6.11. The summed E-state index contributed by atoms with van der Waals surface area (Å²) >= 11 is 0. The summed E-state index contributed by atoms with van der Waals surface area (Å²) < 4.78 is 18.3. The fraction of sp³-hybridized carbons (Fsp3) is 0.429. The van der Waals surface area contributed by atoms with Gasteiger partial charge in [-0.05, 0) is 18.1 Å². The summed E-state index contributed by atoms with van der Waals surface area (Å²) in [5.74, 6) is -1.20. The standard InChI is InChI=1S/C14H17FN2O3/c15-11-4-2-1-3-10(11)5-6-12(18)17-13(19)7-14(16)8-20-9-14/h1-4H,5-9,16H2,(H,17,18,19). The van der Waals surface area contributed by atoms with E-state index in [1.165, 1.54) is 6.07 Å². The summed E-state index contributed by atoms with van der Waals surface area (Å²) in [4.78, 5) is 23.2. The maximum atomic E-state index is 13.3. The number of amides is 2. The Morgan fingerprint density at radius 1 is 1.30 bits per heavy atom. The van der Waals surface area contributed by atoms with Crippen LogP contribution in [0.5, 0.6) is 0 Å². The number of rotatable bonds is 5. The first-order valence-corrected chi connectivity index (χ1v) is 6.41. The number of carbonyl (C=O) groups excluding carboxylic acids is 2. The third-order valence-corrected chi connectivity index (χ3v) is 3.15. The first kappa shape index (κ1) is 14.6. The monoisotopic (exact) mass is 280 g/mol. The van der Waals surface area contributed by atoms with Gasteiger partial charge in [0.1, 0.15) is 5.82 Å². The van der Waals surface area contributed by atoms with E-state index in [1.54, 1.807) is 18.2 Å². The fourth-order valence-corrected chi connectivity index (χ4v) is 2.00. The third kappa shape index (κ3) is 3.85. The molecule has 2 amide bonds. The molecule has 3 N–H and O–H groups in total. The molecule has 1 aromatic carbocycles. The van der Waals surface area contributed by atoms with Gasteiger partial charge in [0, 0.05) is 12.8 Å². The molecule has 0 aromatic heterocycles. The van der Waals surface area contributed by atoms with Gasteiger partial charge < -0.3 is 10.5 Å². The predicted octanol–water partition coefficient (Wildman–Crippen LogP) is 0.519. The van der Waals surface area contributed by atoms with E-state index in [2.05, 4.69) is 5.32 Å². The van der Waals surface area contributed by atoms with Crippen LogP contribution in [0.3, 0.4) is 0 Å². The lowest BCUT2D eigenvalue weighted by Crippen LogP contribution is -2.59. The quantitative estimate of drug-likeness (QED) is 0.824. The van der Waals surface area contributed by atoms with Crippen LogP contribution in [0.15, 0.2) is 24.3 Å². The molecule has 1 heterocycles. The largest absolute Gasteiger partial charge is 0.377 e. The molecule has 1 aliphatic heterocycles. The van der Waals surface area contributed by atoms with E-state index < -0.39 is 17.4 Å². The van der Waals surface area contributed by atoms with Gasteiger partial charge in [-0.3, -0.25) is 14.9 Å². The topological polar surface area (TPSA) is 81.4 Å². The van der Waals surface area contributed by atoms with Gasteiger partial charge >= 0.3 is 0 Å². The molecule has 20 heavy (non-hydrogen) atoms. The lowest BCUT2D eigenvalue weighted by Gasteiger charge is -2.36. The number of nitrogens with two attached hydrogens (primary N) is 1. The van der Waals surface area contributed by atoms with Crippen LogP contribution in [-0.2, 0) is 20.7 Å². The Kier molecular flexibility index (Phi) is 4.46. The SMILES string of the molecule is NC1(CC(=O)NC(=O)CCc2ccccc2F)COC1. The van der Waals surface area contributed by atoms with Crippen LogP contribution in [0.25, 0.3) is 0 Å². The smallest absolute Gasteiger partial charge is 0.228 e. The average Bonchev–Trinajstić information content (AvgIpc) is 2.35. The molecular formula is C14H17FN2O3. The summed E-state index contributed by atoms with van der Waals surface area (Å²) in [5, 5.41) is 2.26. The Bertz CT molecular complexity index is 515. The zero-order valence-corrected chi connectivity index (χ0v) is 11.0. The van der Waals surface area contributed by atoms with Crippen molar-refractivity contribution in [2.45, 2.75) is 24.8 Å². The second-order valence-electron chi connectivity index (χ2n) is 5.09. The summed E-state index contributed by atoms with van der Waals surface area (Å²) in [5.41, 5.74) is 5.62. The average molecular weight is 280 g/mol. The van der Waals surface area contributed by atoms with E-state index in [0.29, 0.717) is 18.8 Å². The first-order chi connectivity index (χ1) is 9.48. The summed E-state index contributed by atoms with van der Waals surface area (Å²) in [6.45, 7) is 0.647. The van der Waals surface area contributed by atoms with E-state index in [4.69, 9.17) is 10.5 Å². The summed E-state index contributed by atoms with van der Waals surface area (Å²) in [7, 11) is 0. The van der Waals surface area contributed by atoms with Gasteiger partial charge in [0.05, 0.1) is 18.8 Å². The van der Waals surface area contributed by atoms with Crippen molar-refractivity contribution >= 4 is 11.8 Å². The zero-order chi connectivity index (χ0) is 14.6. The molecule has 0 bridgehead atoms. The van der Waals surface area contributed by atoms with Crippen molar-refractivity contribution in [3.05, 3.63) is 35.6 Å². The van der Waals surface area contributed by atoms with E-state index in [1.807, 2.05) is 0 Å². The van der Waals surface area contributed by atoms with Gasteiger partial charge in [0.15, 0.2) is 0 Å². The van der Waals surface area contributed by atoms with Gasteiger partial charge in [0.25, 0.3) is 0 Å². The van der Waals surface area contributed by atoms with E-state index in [0.717, 1.165) is 0 Å². The molecule has 1 saturated heterocycles. The first-order valence-electron chi connectivity index (χ1n) is 6.41. The number of halogens is 1. The highest BCUT2D eigenvalue weighted by molar-refractivity contribution is 5.95. The molecule has 0 radical (unpaired) electrons. The number of hydrogen-bond acceptors (Lipinski definition) is 4.